The Labute approximate surface area is 158 Å². The molecule has 0 aliphatic rings. The molecule has 0 fully saturated rings. The third-order valence-electron chi connectivity index (χ3n) is 3.01. The van der Waals surface area contributed by atoms with E-state index < -0.39 is 18.6 Å². The van der Waals surface area contributed by atoms with Crippen LogP contribution >= 0.6 is 31.4 Å². The molecule has 0 saturated heterocycles. The zero-order valence-electron chi connectivity index (χ0n) is 15.4. The van der Waals surface area contributed by atoms with Gasteiger partial charge in [-0.05, 0) is 37.5 Å². The van der Waals surface area contributed by atoms with Crippen molar-refractivity contribution in [3.8, 4) is 0 Å². The van der Waals surface area contributed by atoms with Gasteiger partial charge in [0.05, 0.1) is 0 Å². The average Bonchev–Trinajstić information content (AvgIpc) is 2.53. The maximum Gasteiger partial charge on any atom is 0.325 e. The summed E-state index contributed by atoms with van der Waals surface area (Å²) in [6.45, 7) is 15.7. The lowest BCUT2D eigenvalue weighted by Crippen LogP contribution is -2.29. The van der Waals surface area contributed by atoms with Crippen molar-refractivity contribution in [3.63, 3.8) is 0 Å². The zero-order valence-corrected chi connectivity index (χ0v) is 20.2. The molecule has 0 aromatic heterocycles. The van der Waals surface area contributed by atoms with Gasteiger partial charge in [-0.2, -0.15) is 0 Å². The number of hydrogen-bond donors (Lipinski definition) is 0. The standard InChI is InChI=1S/C14H34O4S3Si2/c1-7-15-22(16-8-2)13(5)11-19-21-20-12-14(6)23(17-9-3)18-10-4/h13-14,22-23H,7-12H2,1-6H3. The van der Waals surface area contributed by atoms with Crippen LogP contribution in [-0.2, 0) is 17.7 Å². The molecule has 0 aromatic rings. The van der Waals surface area contributed by atoms with Crippen molar-refractivity contribution in [2.45, 2.75) is 52.6 Å². The van der Waals surface area contributed by atoms with Crippen molar-refractivity contribution in [1.82, 2.24) is 0 Å². The third-order valence-corrected chi connectivity index (χ3v) is 13.3. The van der Waals surface area contributed by atoms with Gasteiger partial charge < -0.3 is 17.7 Å². The summed E-state index contributed by atoms with van der Waals surface area (Å²) in [6, 6.07) is 0. The van der Waals surface area contributed by atoms with E-state index in [4.69, 9.17) is 17.7 Å². The van der Waals surface area contributed by atoms with Crippen LogP contribution in [0.15, 0.2) is 0 Å². The minimum atomic E-state index is -1.51. The first-order chi connectivity index (χ1) is 11.1. The molecule has 0 aliphatic heterocycles. The van der Waals surface area contributed by atoms with E-state index in [9.17, 15) is 0 Å². The fourth-order valence-electron chi connectivity index (χ4n) is 1.87. The molecule has 0 aliphatic carbocycles. The summed E-state index contributed by atoms with van der Waals surface area (Å²) in [6.07, 6.45) is 0. The molecule has 2 unspecified atom stereocenters. The van der Waals surface area contributed by atoms with E-state index in [1.165, 1.54) is 0 Å². The highest BCUT2D eigenvalue weighted by molar-refractivity contribution is 9.09. The Morgan fingerprint density at radius 3 is 1.22 bits per heavy atom. The molecule has 23 heavy (non-hydrogen) atoms. The van der Waals surface area contributed by atoms with Gasteiger partial charge in [0.2, 0.25) is 0 Å². The first-order valence-electron chi connectivity index (χ1n) is 8.47. The molecular formula is C14H34O4S3Si2. The summed E-state index contributed by atoms with van der Waals surface area (Å²) in [5.74, 6) is 2.17. The van der Waals surface area contributed by atoms with Crippen LogP contribution in [0.25, 0.3) is 0 Å². The van der Waals surface area contributed by atoms with Crippen molar-refractivity contribution < 1.29 is 17.7 Å². The topological polar surface area (TPSA) is 36.9 Å². The van der Waals surface area contributed by atoms with E-state index in [1.54, 1.807) is 0 Å². The van der Waals surface area contributed by atoms with Crippen LogP contribution in [0.3, 0.4) is 0 Å². The van der Waals surface area contributed by atoms with Gasteiger partial charge in [-0.15, -0.1) is 0 Å². The summed E-state index contributed by atoms with van der Waals surface area (Å²) >= 11 is 0. The molecule has 0 heterocycles. The molecule has 0 amide bonds. The minimum Gasteiger partial charge on any atom is -0.397 e. The van der Waals surface area contributed by atoms with Crippen LogP contribution in [0.4, 0.5) is 0 Å². The van der Waals surface area contributed by atoms with Crippen molar-refractivity contribution in [3.05, 3.63) is 0 Å². The highest BCUT2D eigenvalue weighted by atomic mass is 33.5. The highest BCUT2D eigenvalue weighted by Crippen LogP contribution is 2.39. The molecule has 0 bridgehead atoms. The van der Waals surface area contributed by atoms with Crippen molar-refractivity contribution in [1.29, 1.82) is 0 Å². The van der Waals surface area contributed by atoms with Gasteiger partial charge in [-0.1, -0.05) is 35.4 Å². The lowest BCUT2D eigenvalue weighted by atomic mass is 10.6. The summed E-state index contributed by atoms with van der Waals surface area (Å²) in [7, 11) is 2.67. The van der Waals surface area contributed by atoms with Crippen molar-refractivity contribution in [2.24, 2.45) is 0 Å². The molecule has 4 nitrogen and oxygen atoms in total. The highest BCUT2D eigenvalue weighted by Gasteiger charge is 2.23. The SMILES string of the molecule is CCO[SiH](OCC)C(C)CSSSCC(C)[SiH](OCC)OCC. The fraction of sp³-hybridized carbons (Fsp3) is 1.00. The number of rotatable bonds is 16. The Bertz CT molecular complexity index is 232. The van der Waals surface area contributed by atoms with Crippen LogP contribution in [0.2, 0.25) is 11.1 Å². The molecule has 0 saturated carbocycles. The second-order valence-electron chi connectivity index (χ2n) is 5.15. The lowest BCUT2D eigenvalue weighted by molar-refractivity contribution is 0.207. The van der Waals surface area contributed by atoms with Crippen molar-refractivity contribution >= 4 is 50.0 Å². The van der Waals surface area contributed by atoms with Crippen LogP contribution in [0, 0.1) is 0 Å². The summed E-state index contributed by atoms with van der Waals surface area (Å²) in [5, 5.41) is 0. The monoisotopic (exact) mass is 418 g/mol. The number of hydrogen-bond acceptors (Lipinski definition) is 7. The van der Waals surface area contributed by atoms with E-state index in [2.05, 4.69) is 13.8 Å². The van der Waals surface area contributed by atoms with E-state index in [0.717, 1.165) is 37.9 Å². The van der Waals surface area contributed by atoms with Gasteiger partial charge in [0.25, 0.3) is 0 Å². The van der Waals surface area contributed by atoms with Gasteiger partial charge in [-0.25, -0.2) is 0 Å². The second kappa shape index (κ2) is 16.8. The predicted octanol–water partition coefficient (Wildman–Crippen LogP) is 4.38. The van der Waals surface area contributed by atoms with E-state index in [1.807, 2.05) is 59.1 Å². The lowest BCUT2D eigenvalue weighted by Gasteiger charge is -2.21. The van der Waals surface area contributed by atoms with Gasteiger partial charge >= 0.3 is 18.6 Å². The fourth-order valence-corrected chi connectivity index (χ4v) is 11.4. The summed E-state index contributed by atoms with van der Waals surface area (Å²) in [4.78, 5) is 0. The van der Waals surface area contributed by atoms with Gasteiger partial charge in [-0.3, -0.25) is 0 Å². The molecule has 0 aromatic carbocycles. The van der Waals surface area contributed by atoms with Crippen LogP contribution in [0.1, 0.15) is 41.5 Å². The van der Waals surface area contributed by atoms with Crippen LogP contribution in [-0.4, -0.2) is 56.5 Å². The molecule has 2 atom stereocenters. The Hall–Kier alpha value is 1.32. The second-order valence-corrected chi connectivity index (χ2v) is 14.6. The van der Waals surface area contributed by atoms with Gasteiger partial charge in [0.1, 0.15) is 0 Å². The molecule has 0 radical (unpaired) electrons. The van der Waals surface area contributed by atoms with Gasteiger partial charge in [0, 0.05) is 49.0 Å². The van der Waals surface area contributed by atoms with Gasteiger partial charge in [0.15, 0.2) is 0 Å². The largest absolute Gasteiger partial charge is 0.397 e. The molecular weight excluding hydrogens is 385 g/mol. The van der Waals surface area contributed by atoms with Crippen LogP contribution in [0.5, 0.6) is 0 Å². The Kier molecular flexibility index (Phi) is 17.7. The molecule has 0 N–H and O–H groups in total. The van der Waals surface area contributed by atoms with E-state index in [-0.39, 0.29) is 0 Å². The molecule has 0 spiro atoms. The Balaban J connectivity index is 3.88. The molecule has 9 heteroatoms. The minimum absolute atomic E-state index is 0.527. The summed E-state index contributed by atoms with van der Waals surface area (Å²) in [5.41, 5.74) is 1.05. The molecule has 140 valence electrons. The third kappa shape index (κ3) is 12.3. The quantitative estimate of drug-likeness (QED) is 0.209. The average molecular weight is 419 g/mol. The maximum atomic E-state index is 5.78. The van der Waals surface area contributed by atoms with Crippen molar-refractivity contribution in [2.75, 3.05) is 37.9 Å². The molecule has 0 rings (SSSR count). The Morgan fingerprint density at radius 1 is 0.652 bits per heavy atom. The first-order valence-corrected chi connectivity index (χ1v) is 15.5. The maximum absolute atomic E-state index is 5.78. The van der Waals surface area contributed by atoms with Crippen LogP contribution < -0.4 is 0 Å². The smallest absolute Gasteiger partial charge is 0.325 e. The van der Waals surface area contributed by atoms with E-state index >= 15 is 0 Å². The Morgan fingerprint density at radius 2 is 0.957 bits per heavy atom. The summed E-state index contributed by atoms with van der Waals surface area (Å²) < 4.78 is 23.1. The predicted molar refractivity (Wildman–Crippen MR) is 112 cm³/mol. The van der Waals surface area contributed by atoms with E-state index in [0.29, 0.717) is 11.1 Å². The zero-order chi connectivity index (χ0) is 17.5. The first kappa shape index (κ1) is 24.3. The normalized spacial score (nSPS) is 14.6.